The molecule has 2 aliphatic rings. The summed E-state index contributed by atoms with van der Waals surface area (Å²) in [6, 6.07) is 17.6. The lowest BCUT2D eigenvalue weighted by atomic mass is 9.96. The standard InChI is InChI=1S/C39H49N5O7S/c1-23-17-27(41-31(46)15-10-16-40)18-24(2)35(23)51-21-32(47)42-29(19-25-11-6-5-7-12-25)34(48)38(50)44-22-52-39(3,4)36(44)37(49)43-33-28-14-9-8-13-26(28)20-30(33)45/h5-9,11-14,17-18,29-30,33-34,36,45,48H,10,15-16,19-22,40H2,1-4H3,(H,41,46)(H,42,47)(H,43,49)/t29-,30+,33-,34-,36+/m0/s1. The summed E-state index contributed by atoms with van der Waals surface area (Å²) in [5.41, 5.74) is 10.1. The van der Waals surface area contributed by atoms with Crippen molar-refractivity contribution in [3.63, 3.8) is 0 Å². The van der Waals surface area contributed by atoms with Crippen molar-refractivity contribution in [2.45, 2.75) is 88.5 Å². The van der Waals surface area contributed by atoms with Crippen LogP contribution in [0.25, 0.3) is 0 Å². The highest BCUT2D eigenvalue weighted by Gasteiger charge is 2.50. The van der Waals surface area contributed by atoms with Crippen LogP contribution in [0.5, 0.6) is 5.75 Å². The first-order valence-corrected chi connectivity index (χ1v) is 18.5. The number of amides is 4. The number of hydrogen-bond acceptors (Lipinski definition) is 9. The number of aliphatic hydroxyl groups is 2. The number of rotatable bonds is 14. The molecule has 5 atom stereocenters. The fourth-order valence-electron chi connectivity index (χ4n) is 6.97. The highest BCUT2D eigenvalue weighted by atomic mass is 32.2. The zero-order valence-electron chi connectivity index (χ0n) is 30.1. The number of thioether (sulfide) groups is 1. The summed E-state index contributed by atoms with van der Waals surface area (Å²) >= 11 is 1.41. The Kier molecular flexibility index (Phi) is 12.6. The van der Waals surface area contributed by atoms with Crippen molar-refractivity contribution in [2.75, 3.05) is 24.3 Å². The molecule has 0 aromatic heterocycles. The van der Waals surface area contributed by atoms with E-state index < -0.39 is 52.8 Å². The molecule has 3 aromatic rings. The molecule has 3 aromatic carbocycles. The van der Waals surface area contributed by atoms with Crippen molar-refractivity contribution in [3.8, 4) is 5.75 Å². The van der Waals surface area contributed by atoms with E-state index in [-0.39, 0.29) is 24.8 Å². The number of nitrogens with two attached hydrogens (primary N) is 1. The van der Waals surface area contributed by atoms with Crippen LogP contribution in [0, 0.1) is 13.8 Å². The van der Waals surface area contributed by atoms with E-state index in [1.807, 2.05) is 82.3 Å². The number of aryl methyl sites for hydroxylation is 2. The predicted octanol–water partition coefficient (Wildman–Crippen LogP) is 2.90. The lowest BCUT2D eigenvalue weighted by molar-refractivity contribution is -0.148. The Labute approximate surface area is 308 Å². The maximum absolute atomic E-state index is 14.1. The fraction of sp³-hybridized carbons (Fsp3) is 0.436. The summed E-state index contributed by atoms with van der Waals surface area (Å²) in [5, 5.41) is 31.1. The molecule has 0 saturated carbocycles. The van der Waals surface area contributed by atoms with Crippen LogP contribution in [-0.2, 0) is 32.0 Å². The van der Waals surface area contributed by atoms with Gasteiger partial charge in [0, 0.05) is 23.3 Å². The van der Waals surface area contributed by atoms with Gasteiger partial charge in [0.25, 0.3) is 11.8 Å². The SMILES string of the molecule is Cc1cc(NC(=O)CCCN)cc(C)c1OCC(=O)N[C@@H](Cc1ccccc1)[C@H](O)C(=O)N1CSC(C)(C)[C@H]1C(=O)N[C@H]1c2ccccc2C[C@H]1O. The molecule has 1 aliphatic heterocycles. The van der Waals surface area contributed by atoms with Crippen LogP contribution < -0.4 is 26.4 Å². The van der Waals surface area contributed by atoms with Crippen molar-refractivity contribution in [1.29, 1.82) is 0 Å². The maximum atomic E-state index is 14.1. The van der Waals surface area contributed by atoms with Crippen LogP contribution in [0.4, 0.5) is 5.69 Å². The minimum absolute atomic E-state index is 0.141. The summed E-state index contributed by atoms with van der Waals surface area (Å²) in [6.45, 7) is 7.39. The lowest BCUT2D eigenvalue weighted by Crippen LogP contribution is -2.59. The minimum atomic E-state index is -1.68. The van der Waals surface area contributed by atoms with E-state index in [2.05, 4.69) is 16.0 Å². The number of anilines is 1. The van der Waals surface area contributed by atoms with Crippen LogP contribution in [0.3, 0.4) is 0 Å². The van der Waals surface area contributed by atoms with E-state index in [9.17, 15) is 29.4 Å². The third-order valence-electron chi connectivity index (χ3n) is 9.56. The number of hydrogen-bond donors (Lipinski definition) is 6. The van der Waals surface area contributed by atoms with Gasteiger partial charge >= 0.3 is 0 Å². The zero-order chi connectivity index (χ0) is 37.6. The second kappa shape index (κ2) is 16.9. The highest BCUT2D eigenvalue weighted by molar-refractivity contribution is 8.00. The first-order chi connectivity index (χ1) is 24.8. The second-order valence-corrected chi connectivity index (χ2v) is 15.6. The molecule has 7 N–H and O–H groups in total. The molecular formula is C39H49N5O7S. The summed E-state index contributed by atoms with van der Waals surface area (Å²) in [4.78, 5) is 55.0. The third kappa shape index (κ3) is 9.13. The van der Waals surface area contributed by atoms with Gasteiger partial charge in [-0.25, -0.2) is 0 Å². The number of carbonyl (C=O) groups excluding carboxylic acids is 4. The molecule has 278 valence electrons. The number of ether oxygens (including phenoxy) is 1. The van der Waals surface area contributed by atoms with Gasteiger partial charge in [-0.15, -0.1) is 11.8 Å². The molecule has 5 rings (SSSR count). The van der Waals surface area contributed by atoms with Gasteiger partial charge in [-0.05, 0) is 87.0 Å². The number of carbonyl (C=O) groups is 4. The molecule has 12 nitrogen and oxygen atoms in total. The van der Waals surface area contributed by atoms with Crippen LogP contribution in [0.2, 0.25) is 0 Å². The van der Waals surface area contributed by atoms with Crippen LogP contribution in [0.15, 0.2) is 66.7 Å². The molecule has 0 radical (unpaired) electrons. The van der Waals surface area contributed by atoms with Gasteiger partial charge in [-0.3, -0.25) is 19.2 Å². The Hall–Kier alpha value is -4.43. The van der Waals surface area contributed by atoms with E-state index in [0.29, 0.717) is 48.4 Å². The first kappa shape index (κ1) is 38.8. The van der Waals surface area contributed by atoms with Crippen molar-refractivity contribution < 1.29 is 34.1 Å². The van der Waals surface area contributed by atoms with Crippen molar-refractivity contribution in [3.05, 3.63) is 94.5 Å². The molecule has 0 unspecified atom stereocenters. The summed E-state index contributed by atoms with van der Waals surface area (Å²) < 4.78 is 5.22. The number of nitrogens with zero attached hydrogens (tertiary/aromatic N) is 1. The molecule has 1 fully saturated rings. The number of nitrogens with one attached hydrogen (secondary N) is 3. The van der Waals surface area contributed by atoms with E-state index >= 15 is 0 Å². The monoisotopic (exact) mass is 731 g/mol. The van der Waals surface area contributed by atoms with Gasteiger partial charge in [0.2, 0.25) is 11.8 Å². The Morgan fingerprint density at radius 3 is 2.38 bits per heavy atom. The Morgan fingerprint density at radius 2 is 1.69 bits per heavy atom. The Bertz CT molecular complexity index is 1750. The van der Waals surface area contributed by atoms with Crippen molar-refractivity contribution in [1.82, 2.24) is 15.5 Å². The molecular weight excluding hydrogens is 683 g/mol. The van der Waals surface area contributed by atoms with E-state index in [1.165, 1.54) is 16.7 Å². The normalized spacial score (nSPS) is 20.1. The molecule has 1 aliphatic carbocycles. The van der Waals surface area contributed by atoms with Crippen molar-refractivity contribution >= 4 is 41.1 Å². The van der Waals surface area contributed by atoms with Crippen LogP contribution in [0.1, 0.15) is 60.5 Å². The van der Waals surface area contributed by atoms with E-state index in [0.717, 1.165) is 16.7 Å². The molecule has 0 bridgehead atoms. The second-order valence-electron chi connectivity index (χ2n) is 14.0. The zero-order valence-corrected chi connectivity index (χ0v) is 30.9. The lowest BCUT2D eigenvalue weighted by Gasteiger charge is -2.34. The van der Waals surface area contributed by atoms with Gasteiger partial charge in [-0.2, -0.15) is 0 Å². The van der Waals surface area contributed by atoms with Gasteiger partial charge < -0.3 is 41.5 Å². The first-order valence-electron chi connectivity index (χ1n) is 17.5. The number of aliphatic hydroxyl groups excluding tert-OH is 2. The van der Waals surface area contributed by atoms with Crippen molar-refractivity contribution in [2.24, 2.45) is 5.73 Å². The number of fused-ring (bicyclic) bond motifs is 1. The molecule has 4 amide bonds. The summed E-state index contributed by atoms with van der Waals surface area (Å²) in [7, 11) is 0. The van der Waals surface area contributed by atoms with Gasteiger partial charge in [0.1, 0.15) is 11.8 Å². The molecule has 0 spiro atoms. The average molecular weight is 732 g/mol. The van der Waals surface area contributed by atoms with Gasteiger partial charge in [-0.1, -0.05) is 54.6 Å². The van der Waals surface area contributed by atoms with Gasteiger partial charge in [0.15, 0.2) is 12.7 Å². The molecule has 1 heterocycles. The largest absolute Gasteiger partial charge is 0.483 e. The smallest absolute Gasteiger partial charge is 0.258 e. The fourth-order valence-corrected chi connectivity index (χ4v) is 8.11. The highest BCUT2D eigenvalue weighted by Crippen LogP contribution is 2.41. The number of benzene rings is 3. The van der Waals surface area contributed by atoms with E-state index in [4.69, 9.17) is 10.5 Å². The quantitative estimate of drug-likeness (QED) is 0.145. The molecule has 13 heteroatoms. The summed E-state index contributed by atoms with van der Waals surface area (Å²) in [5.74, 6) is -1.18. The third-order valence-corrected chi connectivity index (χ3v) is 10.9. The van der Waals surface area contributed by atoms with E-state index in [1.54, 1.807) is 12.1 Å². The Balaban J connectivity index is 1.29. The molecule has 52 heavy (non-hydrogen) atoms. The predicted molar refractivity (Wildman–Crippen MR) is 201 cm³/mol. The maximum Gasteiger partial charge on any atom is 0.258 e. The minimum Gasteiger partial charge on any atom is -0.483 e. The van der Waals surface area contributed by atoms with Crippen LogP contribution in [-0.4, -0.2) is 86.8 Å². The van der Waals surface area contributed by atoms with Crippen LogP contribution >= 0.6 is 11.8 Å². The van der Waals surface area contributed by atoms with Gasteiger partial charge in [0.05, 0.1) is 24.1 Å². The molecule has 1 saturated heterocycles. The topological polar surface area (TPSA) is 183 Å². The average Bonchev–Trinajstić information content (AvgIpc) is 3.60. The summed E-state index contributed by atoms with van der Waals surface area (Å²) in [6.07, 6.45) is -1.04. The Morgan fingerprint density at radius 1 is 1.02 bits per heavy atom.